The van der Waals surface area contributed by atoms with Crippen molar-refractivity contribution in [2.75, 3.05) is 12.4 Å². The highest BCUT2D eigenvalue weighted by Gasteiger charge is 2.45. The summed E-state index contributed by atoms with van der Waals surface area (Å²) >= 11 is 0. The fourth-order valence-electron chi connectivity index (χ4n) is 4.35. The van der Waals surface area contributed by atoms with Gasteiger partial charge in [-0.05, 0) is 94.3 Å². The van der Waals surface area contributed by atoms with E-state index < -0.39 is 23.8 Å². The molecule has 0 heterocycles. The van der Waals surface area contributed by atoms with Crippen molar-refractivity contribution in [2.24, 2.45) is 5.92 Å². The van der Waals surface area contributed by atoms with Crippen molar-refractivity contribution < 1.29 is 23.9 Å². The number of anilines is 1. The zero-order valence-electron chi connectivity index (χ0n) is 23.8. The number of benzene rings is 2. The molecule has 0 aromatic heterocycles. The monoisotopic (exact) mass is 523 g/mol. The van der Waals surface area contributed by atoms with Gasteiger partial charge in [-0.2, -0.15) is 0 Å². The molecule has 8 heteroatoms. The highest BCUT2D eigenvalue weighted by atomic mass is 16.6. The number of carbonyl (C=O) groups excluding carboxylic acids is 3. The van der Waals surface area contributed by atoms with Crippen molar-refractivity contribution in [2.45, 2.75) is 85.0 Å². The molecular weight excluding hydrogens is 482 g/mol. The minimum absolute atomic E-state index is 0.101. The Morgan fingerprint density at radius 1 is 1.00 bits per heavy atom. The summed E-state index contributed by atoms with van der Waals surface area (Å²) in [4.78, 5) is 42.5. The van der Waals surface area contributed by atoms with E-state index in [2.05, 4.69) is 10.6 Å². The lowest BCUT2D eigenvalue weighted by Gasteiger charge is -2.36. The number of aryl methyl sites for hydroxylation is 1. The van der Waals surface area contributed by atoms with Crippen molar-refractivity contribution in [3.63, 3.8) is 0 Å². The smallest absolute Gasteiger partial charge is 0.408 e. The fraction of sp³-hybridized carbons (Fsp3) is 0.500. The third-order valence-electron chi connectivity index (χ3n) is 6.62. The Morgan fingerprint density at radius 2 is 1.63 bits per heavy atom. The Bertz CT molecular complexity index is 1150. The molecule has 2 atom stereocenters. The maximum absolute atomic E-state index is 14.2. The van der Waals surface area contributed by atoms with E-state index in [-0.39, 0.29) is 23.8 Å². The average molecular weight is 524 g/mol. The van der Waals surface area contributed by atoms with Crippen LogP contribution in [0.3, 0.4) is 0 Å². The first kappa shape index (κ1) is 29.0. The number of alkyl carbamates (subject to hydrolysis) is 1. The van der Waals surface area contributed by atoms with Gasteiger partial charge in [0.1, 0.15) is 23.4 Å². The van der Waals surface area contributed by atoms with Crippen molar-refractivity contribution in [1.82, 2.24) is 10.2 Å². The topological polar surface area (TPSA) is 97.0 Å². The van der Waals surface area contributed by atoms with Gasteiger partial charge in [0.05, 0.1) is 7.11 Å². The number of carbonyl (C=O) groups is 3. The van der Waals surface area contributed by atoms with Gasteiger partial charge in [-0.1, -0.05) is 32.0 Å². The quantitative estimate of drug-likeness (QED) is 0.450. The maximum Gasteiger partial charge on any atom is 0.408 e. The van der Waals surface area contributed by atoms with Crippen LogP contribution in [-0.2, 0) is 14.3 Å². The summed E-state index contributed by atoms with van der Waals surface area (Å²) < 4.78 is 10.7. The Hall–Kier alpha value is -3.55. The van der Waals surface area contributed by atoms with Gasteiger partial charge >= 0.3 is 6.09 Å². The predicted molar refractivity (Wildman–Crippen MR) is 148 cm³/mol. The molecule has 3 amide bonds. The Kier molecular flexibility index (Phi) is 9.07. The SMILES string of the molecule is COc1ccc(NC(=O)C(c2cccc(C)c2C)N(C(=O)C(NC(=O)OC(C)(C)C)C(C)C)C2CC2)cc1. The largest absolute Gasteiger partial charge is 0.497 e. The van der Waals surface area contributed by atoms with Crippen molar-refractivity contribution >= 4 is 23.6 Å². The number of amides is 3. The van der Waals surface area contributed by atoms with E-state index in [1.165, 1.54) is 0 Å². The van der Waals surface area contributed by atoms with Crippen LogP contribution in [0, 0.1) is 19.8 Å². The normalized spacial score (nSPS) is 14.9. The van der Waals surface area contributed by atoms with E-state index in [0.29, 0.717) is 11.4 Å². The summed E-state index contributed by atoms with van der Waals surface area (Å²) in [5.74, 6) is -0.162. The minimum Gasteiger partial charge on any atom is -0.497 e. The summed E-state index contributed by atoms with van der Waals surface area (Å²) in [5, 5.41) is 5.77. The Labute approximate surface area is 226 Å². The average Bonchev–Trinajstić information content (AvgIpc) is 3.67. The van der Waals surface area contributed by atoms with Crippen LogP contribution in [0.2, 0.25) is 0 Å². The van der Waals surface area contributed by atoms with Gasteiger partial charge in [0, 0.05) is 11.7 Å². The van der Waals surface area contributed by atoms with E-state index in [0.717, 1.165) is 29.5 Å². The van der Waals surface area contributed by atoms with Gasteiger partial charge in [0.25, 0.3) is 5.91 Å². The molecule has 0 radical (unpaired) electrons. The number of hydrogen-bond donors (Lipinski definition) is 2. The molecule has 1 saturated carbocycles. The Morgan fingerprint density at radius 3 is 2.16 bits per heavy atom. The molecule has 0 spiro atoms. The molecule has 2 aromatic rings. The molecule has 3 rings (SSSR count). The third kappa shape index (κ3) is 7.27. The molecule has 2 aromatic carbocycles. The van der Waals surface area contributed by atoms with Gasteiger partial charge in [0.2, 0.25) is 5.91 Å². The van der Waals surface area contributed by atoms with Crippen LogP contribution in [0.25, 0.3) is 0 Å². The number of rotatable bonds is 9. The van der Waals surface area contributed by atoms with Crippen LogP contribution in [0.15, 0.2) is 42.5 Å². The molecule has 2 unspecified atom stereocenters. The zero-order valence-corrected chi connectivity index (χ0v) is 23.8. The van der Waals surface area contributed by atoms with Crippen LogP contribution in [0.1, 0.15) is 70.2 Å². The summed E-state index contributed by atoms with van der Waals surface area (Å²) in [6.07, 6.45) is 0.923. The van der Waals surface area contributed by atoms with E-state index in [1.54, 1.807) is 57.0 Å². The lowest BCUT2D eigenvalue weighted by molar-refractivity contribution is -0.142. The van der Waals surface area contributed by atoms with Crippen LogP contribution in [0.4, 0.5) is 10.5 Å². The molecule has 0 bridgehead atoms. The first-order valence-electron chi connectivity index (χ1n) is 13.1. The third-order valence-corrected chi connectivity index (χ3v) is 6.62. The summed E-state index contributed by atoms with van der Waals surface area (Å²) in [6, 6.07) is 11.0. The van der Waals surface area contributed by atoms with Crippen molar-refractivity contribution in [3.8, 4) is 5.75 Å². The lowest BCUT2D eigenvalue weighted by atomic mass is 9.93. The second kappa shape index (κ2) is 11.9. The number of nitrogens with zero attached hydrogens (tertiary/aromatic N) is 1. The number of hydrogen-bond acceptors (Lipinski definition) is 5. The molecular formula is C30H41N3O5. The Balaban J connectivity index is 2.01. The van der Waals surface area contributed by atoms with E-state index >= 15 is 0 Å². The van der Waals surface area contributed by atoms with Gasteiger partial charge in [-0.25, -0.2) is 4.79 Å². The molecule has 0 saturated heterocycles. The fourth-order valence-corrected chi connectivity index (χ4v) is 4.35. The van der Waals surface area contributed by atoms with Gasteiger partial charge in [-0.3, -0.25) is 9.59 Å². The van der Waals surface area contributed by atoms with Crippen LogP contribution < -0.4 is 15.4 Å². The van der Waals surface area contributed by atoms with E-state index in [1.807, 2.05) is 45.9 Å². The maximum atomic E-state index is 14.2. The number of nitrogens with one attached hydrogen (secondary N) is 2. The highest BCUT2D eigenvalue weighted by molar-refractivity contribution is 5.99. The highest BCUT2D eigenvalue weighted by Crippen LogP contribution is 2.38. The standard InChI is InChI=1S/C30H41N3O5/c1-18(2)25(32-29(36)38-30(5,6)7)28(35)33(22-14-15-22)26(24-11-9-10-19(3)20(24)4)27(34)31-21-12-16-23(37-8)17-13-21/h9-13,16-18,22,25-26H,14-15H2,1-8H3,(H,31,34)(H,32,36). The first-order chi connectivity index (χ1) is 17.8. The van der Waals surface area contributed by atoms with Crippen molar-refractivity contribution in [3.05, 3.63) is 59.2 Å². The molecule has 0 aliphatic heterocycles. The summed E-state index contributed by atoms with van der Waals surface area (Å²) in [7, 11) is 1.58. The van der Waals surface area contributed by atoms with Gasteiger partial charge in [0.15, 0.2) is 0 Å². The molecule has 1 fully saturated rings. The molecule has 1 aliphatic carbocycles. The second-order valence-corrected chi connectivity index (χ2v) is 11.3. The number of ether oxygens (including phenoxy) is 2. The second-order valence-electron chi connectivity index (χ2n) is 11.3. The van der Waals surface area contributed by atoms with Crippen molar-refractivity contribution in [1.29, 1.82) is 0 Å². The number of methoxy groups -OCH3 is 1. The van der Waals surface area contributed by atoms with E-state index in [4.69, 9.17) is 9.47 Å². The molecule has 206 valence electrons. The van der Waals surface area contributed by atoms with Crippen LogP contribution in [-0.4, -0.2) is 47.6 Å². The first-order valence-corrected chi connectivity index (χ1v) is 13.1. The summed E-state index contributed by atoms with van der Waals surface area (Å²) in [6.45, 7) is 13.0. The zero-order chi connectivity index (χ0) is 28.2. The van der Waals surface area contributed by atoms with Crippen LogP contribution >= 0.6 is 0 Å². The van der Waals surface area contributed by atoms with Crippen LogP contribution in [0.5, 0.6) is 5.75 Å². The van der Waals surface area contributed by atoms with E-state index in [9.17, 15) is 14.4 Å². The molecule has 2 N–H and O–H groups in total. The van der Waals surface area contributed by atoms with Gasteiger partial charge < -0.3 is 25.0 Å². The molecule has 8 nitrogen and oxygen atoms in total. The molecule has 38 heavy (non-hydrogen) atoms. The predicted octanol–water partition coefficient (Wildman–Crippen LogP) is 5.53. The lowest BCUT2D eigenvalue weighted by Crippen LogP contribution is -2.55. The minimum atomic E-state index is -0.876. The van der Waals surface area contributed by atoms with Gasteiger partial charge in [-0.15, -0.1) is 0 Å². The molecule has 1 aliphatic rings. The summed E-state index contributed by atoms with van der Waals surface area (Å²) in [5.41, 5.74) is 2.63.